The second-order valence-electron chi connectivity index (χ2n) is 6.20. The van der Waals surface area contributed by atoms with Crippen molar-refractivity contribution in [2.24, 2.45) is 0 Å². The predicted octanol–water partition coefficient (Wildman–Crippen LogP) is 3.34. The highest BCUT2D eigenvalue weighted by Gasteiger charge is 2.25. The van der Waals surface area contributed by atoms with E-state index in [-0.39, 0.29) is 4.90 Å². The average molecular weight is 394 g/mol. The van der Waals surface area contributed by atoms with Crippen molar-refractivity contribution in [1.29, 1.82) is 0 Å². The van der Waals surface area contributed by atoms with Crippen LogP contribution in [0.25, 0.3) is 0 Å². The van der Waals surface area contributed by atoms with Crippen LogP contribution >= 0.6 is 11.6 Å². The Hall–Kier alpha value is -2.32. The molecule has 2 heterocycles. The van der Waals surface area contributed by atoms with Gasteiger partial charge < -0.3 is 0 Å². The molecule has 0 aliphatic heterocycles. The highest BCUT2D eigenvalue weighted by molar-refractivity contribution is 7.92. The van der Waals surface area contributed by atoms with E-state index in [1.54, 1.807) is 31.5 Å². The van der Waals surface area contributed by atoms with E-state index in [0.29, 0.717) is 34.3 Å². The summed E-state index contributed by atoms with van der Waals surface area (Å²) in [5.41, 5.74) is 3.72. The number of sulfonamides is 1. The number of nitrogens with zero attached hydrogens (tertiary/aromatic N) is 3. The van der Waals surface area contributed by atoms with Gasteiger partial charge in [-0.2, -0.15) is 10.2 Å². The van der Waals surface area contributed by atoms with Gasteiger partial charge in [0.2, 0.25) is 0 Å². The largest absolute Gasteiger partial charge is 0.281 e. The lowest BCUT2D eigenvalue weighted by atomic mass is 10.2. The Morgan fingerprint density at radius 1 is 1.19 bits per heavy atom. The maximum atomic E-state index is 12.8. The third-order valence-corrected chi connectivity index (χ3v) is 6.02. The third kappa shape index (κ3) is 3.47. The van der Waals surface area contributed by atoms with Crippen molar-refractivity contribution < 1.29 is 8.42 Å². The summed E-state index contributed by atoms with van der Waals surface area (Å²) in [5, 5.41) is 11.8. The number of aromatic amines is 1. The zero-order valence-corrected chi connectivity index (χ0v) is 16.5. The first-order chi connectivity index (χ1) is 12.2. The van der Waals surface area contributed by atoms with Crippen molar-refractivity contribution in [1.82, 2.24) is 20.0 Å². The van der Waals surface area contributed by atoms with Crippen LogP contribution in [0.3, 0.4) is 0 Å². The predicted molar refractivity (Wildman–Crippen MR) is 101 cm³/mol. The quantitative estimate of drug-likeness (QED) is 0.695. The van der Waals surface area contributed by atoms with E-state index in [9.17, 15) is 8.42 Å². The zero-order valence-electron chi connectivity index (χ0n) is 15.0. The monoisotopic (exact) mass is 393 g/mol. The van der Waals surface area contributed by atoms with Gasteiger partial charge in [-0.05, 0) is 45.4 Å². The summed E-state index contributed by atoms with van der Waals surface area (Å²) < 4.78 is 30.0. The minimum atomic E-state index is -3.76. The number of anilines is 1. The van der Waals surface area contributed by atoms with E-state index in [1.807, 2.05) is 25.1 Å². The molecule has 0 fully saturated rings. The molecule has 0 saturated carbocycles. The van der Waals surface area contributed by atoms with Gasteiger partial charge >= 0.3 is 0 Å². The molecule has 138 valence electrons. The van der Waals surface area contributed by atoms with E-state index in [4.69, 9.17) is 11.6 Å². The molecular formula is C17H20ClN5O2S. The van der Waals surface area contributed by atoms with Crippen LogP contribution in [-0.2, 0) is 16.6 Å². The number of aryl methyl sites for hydroxylation is 3. The number of hydrogen-bond donors (Lipinski definition) is 2. The molecule has 0 radical (unpaired) electrons. The summed E-state index contributed by atoms with van der Waals surface area (Å²) in [7, 11) is -3.76. The highest BCUT2D eigenvalue weighted by Crippen LogP contribution is 2.26. The summed E-state index contributed by atoms with van der Waals surface area (Å²) >= 11 is 6.03. The number of H-pyrrole nitrogens is 1. The summed E-state index contributed by atoms with van der Waals surface area (Å²) in [5.74, 6) is 0. The van der Waals surface area contributed by atoms with Crippen LogP contribution in [0.15, 0.2) is 29.2 Å². The topological polar surface area (TPSA) is 92.7 Å². The van der Waals surface area contributed by atoms with Gasteiger partial charge in [-0.15, -0.1) is 0 Å². The Morgan fingerprint density at radius 2 is 1.92 bits per heavy atom. The van der Waals surface area contributed by atoms with Crippen LogP contribution in [0.4, 0.5) is 5.69 Å². The number of hydrogen-bond acceptors (Lipinski definition) is 4. The fourth-order valence-corrected chi connectivity index (χ4v) is 4.69. The summed E-state index contributed by atoms with van der Waals surface area (Å²) in [6, 6.07) is 7.49. The smallest absolute Gasteiger partial charge is 0.265 e. The number of nitrogens with one attached hydrogen (secondary N) is 2. The van der Waals surface area contributed by atoms with E-state index < -0.39 is 10.0 Å². The molecule has 3 aromatic rings. The number of aromatic nitrogens is 4. The molecule has 0 aliphatic rings. The third-order valence-electron chi connectivity index (χ3n) is 4.17. The van der Waals surface area contributed by atoms with Gasteiger partial charge in [-0.1, -0.05) is 23.7 Å². The van der Waals surface area contributed by atoms with Gasteiger partial charge in [-0.3, -0.25) is 14.5 Å². The maximum Gasteiger partial charge on any atom is 0.265 e. The molecule has 0 amide bonds. The van der Waals surface area contributed by atoms with Crippen LogP contribution in [0.2, 0.25) is 5.02 Å². The molecule has 0 bridgehead atoms. The molecule has 0 aliphatic carbocycles. The Kier molecular flexibility index (Phi) is 4.81. The molecule has 9 heteroatoms. The van der Waals surface area contributed by atoms with Crippen LogP contribution in [0.1, 0.15) is 28.3 Å². The lowest BCUT2D eigenvalue weighted by molar-refractivity contribution is 0.600. The SMILES string of the molecule is Cc1nn(Cc2cccc(Cl)c2)c(C)c1NS(=O)(=O)c1c(C)n[nH]c1C. The van der Waals surface area contributed by atoms with Crippen molar-refractivity contribution in [2.45, 2.75) is 39.1 Å². The van der Waals surface area contributed by atoms with Crippen molar-refractivity contribution in [3.05, 3.63) is 57.6 Å². The number of benzene rings is 1. The number of rotatable bonds is 5. The lowest BCUT2D eigenvalue weighted by Gasteiger charge is -2.09. The molecule has 0 atom stereocenters. The molecule has 3 rings (SSSR count). The van der Waals surface area contributed by atoms with Gasteiger partial charge in [0.15, 0.2) is 0 Å². The summed E-state index contributed by atoms with van der Waals surface area (Å²) in [6.45, 7) is 7.43. The standard InChI is InChI=1S/C17H20ClN5O2S/c1-10-16(22-26(24,25)17-11(2)19-20-12(17)3)13(4)23(21-10)9-14-6-5-7-15(18)8-14/h5-8,22H,9H2,1-4H3,(H,19,20). The van der Waals surface area contributed by atoms with Crippen molar-refractivity contribution in [2.75, 3.05) is 4.72 Å². The van der Waals surface area contributed by atoms with Crippen molar-refractivity contribution in [3.8, 4) is 0 Å². The second kappa shape index (κ2) is 6.77. The van der Waals surface area contributed by atoms with Gasteiger partial charge in [0, 0.05) is 5.02 Å². The first-order valence-electron chi connectivity index (χ1n) is 8.02. The van der Waals surface area contributed by atoms with Gasteiger partial charge in [0.1, 0.15) is 4.90 Å². The van der Waals surface area contributed by atoms with E-state index in [2.05, 4.69) is 20.0 Å². The minimum absolute atomic E-state index is 0.166. The van der Waals surface area contributed by atoms with Crippen molar-refractivity contribution in [3.63, 3.8) is 0 Å². The van der Waals surface area contributed by atoms with E-state index in [0.717, 1.165) is 11.3 Å². The second-order valence-corrected chi connectivity index (χ2v) is 8.26. The van der Waals surface area contributed by atoms with Crippen LogP contribution in [-0.4, -0.2) is 28.4 Å². The van der Waals surface area contributed by atoms with Crippen LogP contribution in [0, 0.1) is 27.7 Å². The van der Waals surface area contributed by atoms with Gasteiger partial charge in [0.05, 0.1) is 35.0 Å². The molecule has 2 aromatic heterocycles. The molecule has 7 nitrogen and oxygen atoms in total. The molecule has 2 N–H and O–H groups in total. The first kappa shape index (κ1) is 18.5. The van der Waals surface area contributed by atoms with E-state index >= 15 is 0 Å². The Morgan fingerprint density at radius 3 is 2.54 bits per heavy atom. The molecule has 26 heavy (non-hydrogen) atoms. The van der Waals surface area contributed by atoms with E-state index in [1.165, 1.54) is 0 Å². The first-order valence-corrected chi connectivity index (χ1v) is 9.88. The minimum Gasteiger partial charge on any atom is -0.281 e. The van der Waals surface area contributed by atoms with Crippen LogP contribution < -0.4 is 4.72 Å². The summed E-state index contributed by atoms with van der Waals surface area (Å²) in [6.07, 6.45) is 0. The van der Waals surface area contributed by atoms with Gasteiger partial charge in [-0.25, -0.2) is 8.42 Å². The molecule has 0 unspecified atom stereocenters. The average Bonchev–Trinajstić information content (AvgIpc) is 3.02. The molecule has 0 spiro atoms. The Labute approximate surface area is 157 Å². The lowest BCUT2D eigenvalue weighted by Crippen LogP contribution is -2.16. The maximum absolute atomic E-state index is 12.8. The molecular weight excluding hydrogens is 374 g/mol. The summed E-state index contributed by atoms with van der Waals surface area (Å²) in [4.78, 5) is 0.166. The van der Waals surface area contributed by atoms with Crippen molar-refractivity contribution >= 4 is 27.3 Å². The Bertz CT molecular complexity index is 1050. The van der Waals surface area contributed by atoms with Gasteiger partial charge in [0.25, 0.3) is 10.0 Å². The number of halogens is 1. The molecule has 0 saturated heterocycles. The molecule has 1 aromatic carbocycles. The fourth-order valence-electron chi connectivity index (χ4n) is 2.93. The fraction of sp³-hybridized carbons (Fsp3) is 0.294. The Balaban J connectivity index is 1.93. The zero-order chi connectivity index (χ0) is 19.1. The van der Waals surface area contributed by atoms with Crippen LogP contribution in [0.5, 0.6) is 0 Å². The normalized spacial score (nSPS) is 11.7. The highest BCUT2D eigenvalue weighted by atomic mass is 35.5.